The fourth-order valence-electron chi connectivity index (χ4n) is 2.04. The molecular formula is C18H22F3IN4O2. The van der Waals surface area contributed by atoms with Crippen LogP contribution in [0.4, 0.5) is 18.9 Å². The summed E-state index contributed by atoms with van der Waals surface area (Å²) in [5.74, 6) is 0.795. The van der Waals surface area contributed by atoms with E-state index in [4.69, 9.17) is 10.5 Å². The van der Waals surface area contributed by atoms with Crippen molar-refractivity contribution in [3.8, 4) is 11.6 Å². The highest BCUT2D eigenvalue weighted by molar-refractivity contribution is 14.0. The molecule has 0 saturated heterocycles. The van der Waals surface area contributed by atoms with Crippen molar-refractivity contribution in [2.45, 2.75) is 32.7 Å². The van der Waals surface area contributed by atoms with Gasteiger partial charge in [0.2, 0.25) is 5.88 Å². The van der Waals surface area contributed by atoms with E-state index in [1.54, 1.807) is 18.2 Å². The van der Waals surface area contributed by atoms with E-state index in [9.17, 15) is 13.2 Å². The second-order valence-corrected chi connectivity index (χ2v) is 5.92. The number of nitrogens with zero attached hydrogens (tertiary/aromatic N) is 2. The third kappa shape index (κ3) is 9.11. The minimum absolute atomic E-state index is 0. The van der Waals surface area contributed by atoms with Crippen LogP contribution in [0.3, 0.4) is 0 Å². The third-order valence-corrected chi connectivity index (χ3v) is 3.11. The van der Waals surface area contributed by atoms with Gasteiger partial charge in [-0.2, -0.15) is 13.2 Å². The monoisotopic (exact) mass is 510 g/mol. The Morgan fingerprint density at radius 3 is 2.50 bits per heavy atom. The molecule has 2 aromatic rings. The van der Waals surface area contributed by atoms with Gasteiger partial charge in [0.25, 0.3) is 0 Å². The lowest BCUT2D eigenvalue weighted by molar-refractivity contribution is -0.154. The van der Waals surface area contributed by atoms with Gasteiger partial charge in [-0.05, 0) is 49.7 Å². The van der Waals surface area contributed by atoms with Gasteiger partial charge in [0.1, 0.15) is 5.75 Å². The third-order valence-electron chi connectivity index (χ3n) is 3.11. The largest absolute Gasteiger partial charge is 0.491 e. The summed E-state index contributed by atoms with van der Waals surface area (Å²) in [7, 11) is 0. The van der Waals surface area contributed by atoms with E-state index in [2.05, 4.69) is 20.0 Å². The summed E-state index contributed by atoms with van der Waals surface area (Å²) >= 11 is 0. The molecule has 28 heavy (non-hydrogen) atoms. The number of aromatic nitrogens is 1. The maximum Gasteiger partial charge on any atom is 0.422 e. The Morgan fingerprint density at radius 2 is 1.89 bits per heavy atom. The van der Waals surface area contributed by atoms with E-state index in [1.165, 1.54) is 12.3 Å². The lowest BCUT2D eigenvalue weighted by Crippen LogP contribution is -2.22. The standard InChI is InChI=1S/C18H21F3N4O2.HI/c1-12(2)27-15-5-3-14(4-6-15)25-17(22)24-10-13-7-8-23-16(9-13)26-11-18(19,20)21;/h3-9,12H,10-11H2,1-2H3,(H3,22,24,25);1H. The first-order valence-electron chi connectivity index (χ1n) is 8.19. The molecule has 0 unspecified atom stereocenters. The van der Waals surface area contributed by atoms with Crippen molar-refractivity contribution in [1.29, 1.82) is 0 Å². The Morgan fingerprint density at radius 1 is 1.21 bits per heavy atom. The van der Waals surface area contributed by atoms with Crippen LogP contribution in [0.5, 0.6) is 11.6 Å². The molecule has 0 aliphatic heterocycles. The first-order valence-corrected chi connectivity index (χ1v) is 8.19. The van der Waals surface area contributed by atoms with Gasteiger partial charge < -0.3 is 20.5 Å². The Kier molecular flexibility index (Phi) is 9.29. The molecule has 0 amide bonds. The Hall–Kier alpha value is -2.24. The van der Waals surface area contributed by atoms with E-state index < -0.39 is 12.8 Å². The molecule has 0 atom stereocenters. The normalized spacial score (nSPS) is 11.7. The van der Waals surface area contributed by atoms with Gasteiger partial charge >= 0.3 is 6.18 Å². The average Bonchev–Trinajstić information content (AvgIpc) is 2.59. The average molecular weight is 510 g/mol. The van der Waals surface area contributed by atoms with Crippen LogP contribution in [-0.4, -0.2) is 29.8 Å². The predicted octanol–water partition coefficient (Wildman–Crippen LogP) is 4.35. The number of anilines is 1. The lowest BCUT2D eigenvalue weighted by Gasteiger charge is -2.11. The van der Waals surface area contributed by atoms with Crippen LogP contribution < -0.4 is 20.5 Å². The van der Waals surface area contributed by atoms with Crippen LogP contribution in [0.2, 0.25) is 0 Å². The van der Waals surface area contributed by atoms with Crippen molar-refractivity contribution in [2.24, 2.45) is 10.7 Å². The van der Waals surface area contributed by atoms with Crippen molar-refractivity contribution in [3.63, 3.8) is 0 Å². The number of halogens is 4. The SMILES string of the molecule is CC(C)Oc1ccc(NC(N)=NCc2ccnc(OCC(F)(F)F)c2)cc1.I. The number of hydrogen-bond acceptors (Lipinski definition) is 4. The highest BCUT2D eigenvalue weighted by Gasteiger charge is 2.28. The minimum atomic E-state index is -4.42. The second-order valence-electron chi connectivity index (χ2n) is 5.92. The van der Waals surface area contributed by atoms with Gasteiger partial charge in [-0.15, -0.1) is 24.0 Å². The van der Waals surface area contributed by atoms with E-state index in [-0.39, 0.29) is 48.5 Å². The Balaban J connectivity index is 0.00000392. The molecule has 1 aromatic heterocycles. The number of nitrogens with one attached hydrogen (secondary N) is 1. The number of aliphatic imine (C=N–C) groups is 1. The number of hydrogen-bond donors (Lipinski definition) is 2. The quantitative estimate of drug-likeness (QED) is 0.329. The van der Waals surface area contributed by atoms with Crippen molar-refractivity contribution >= 4 is 35.6 Å². The van der Waals surface area contributed by atoms with Crippen molar-refractivity contribution < 1.29 is 22.6 Å². The molecule has 10 heteroatoms. The highest BCUT2D eigenvalue weighted by Crippen LogP contribution is 2.18. The predicted molar refractivity (Wildman–Crippen MR) is 112 cm³/mol. The van der Waals surface area contributed by atoms with Crippen LogP contribution in [-0.2, 0) is 6.54 Å². The smallest absolute Gasteiger partial charge is 0.422 e. The van der Waals surface area contributed by atoms with Crippen LogP contribution in [0.25, 0.3) is 0 Å². The minimum Gasteiger partial charge on any atom is -0.491 e. The van der Waals surface area contributed by atoms with Crippen molar-refractivity contribution in [3.05, 3.63) is 48.2 Å². The van der Waals surface area contributed by atoms with Crippen LogP contribution in [0.15, 0.2) is 47.6 Å². The number of guanidine groups is 1. The molecule has 0 radical (unpaired) electrons. The van der Waals surface area contributed by atoms with Gasteiger partial charge in [0.15, 0.2) is 12.6 Å². The summed E-state index contributed by atoms with van der Waals surface area (Å²) in [6.07, 6.45) is -2.98. The molecule has 6 nitrogen and oxygen atoms in total. The number of benzene rings is 1. The maximum absolute atomic E-state index is 12.2. The Bertz CT molecular complexity index is 768. The number of alkyl halides is 3. The topological polar surface area (TPSA) is 81.8 Å². The molecule has 0 aliphatic rings. The van der Waals surface area contributed by atoms with Gasteiger partial charge in [-0.25, -0.2) is 9.98 Å². The molecule has 0 spiro atoms. The summed E-state index contributed by atoms with van der Waals surface area (Å²) < 4.78 is 46.7. The van der Waals surface area contributed by atoms with Crippen LogP contribution in [0.1, 0.15) is 19.4 Å². The summed E-state index contributed by atoms with van der Waals surface area (Å²) in [6, 6.07) is 10.2. The summed E-state index contributed by atoms with van der Waals surface area (Å²) in [5.41, 5.74) is 7.19. The molecule has 0 aliphatic carbocycles. The summed E-state index contributed by atoms with van der Waals surface area (Å²) in [6.45, 7) is 2.65. The number of ether oxygens (including phenoxy) is 2. The van der Waals surface area contributed by atoms with Crippen molar-refractivity contribution in [2.75, 3.05) is 11.9 Å². The molecule has 154 valence electrons. The van der Waals surface area contributed by atoms with E-state index in [0.29, 0.717) is 5.56 Å². The molecule has 0 saturated carbocycles. The second kappa shape index (κ2) is 10.9. The van der Waals surface area contributed by atoms with Crippen molar-refractivity contribution in [1.82, 2.24) is 4.98 Å². The first kappa shape index (κ1) is 23.8. The zero-order valence-corrected chi connectivity index (χ0v) is 17.7. The fraction of sp³-hybridized carbons (Fsp3) is 0.333. The van der Waals surface area contributed by atoms with Crippen LogP contribution in [0, 0.1) is 0 Å². The molecule has 3 N–H and O–H groups in total. The molecule has 1 heterocycles. The molecular weight excluding hydrogens is 488 g/mol. The van der Waals surface area contributed by atoms with Gasteiger partial charge in [0.05, 0.1) is 12.6 Å². The zero-order chi connectivity index (χ0) is 19.9. The lowest BCUT2D eigenvalue weighted by atomic mass is 10.3. The molecule has 0 fully saturated rings. The Labute approximate surface area is 178 Å². The first-order chi connectivity index (χ1) is 12.7. The highest BCUT2D eigenvalue weighted by atomic mass is 127. The molecule has 0 bridgehead atoms. The molecule has 1 aromatic carbocycles. The summed E-state index contributed by atoms with van der Waals surface area (Å²) in [5, 5.41) is 2.93. The number of pyridine rings is 1. The van der Waals surface area contributed by atoms with Gasteiger partial charge in [-0.3, -0.25) is 0 Å². The van der Waals surface area contributed by atoms with Gasteiger partial charge in [0, 0.05) is 18.0 Å². The van der Waals surface area contributed by atoms with E-state index >= 15 is 0 Å². The summed E-state index contributed by atoms with van der Waals surface area (Å²) in [4.78, 5) is 7.89. The molecule has 2 rings (SSSR count). The number of nitrogens with two attached hydrogens (primary N) is 1. The van der Waals surface area contributed by atoms with E-state index in [1.807, 2.05) is 26.0 Å². The zero-order valence-electron chi connectivity index (χ0n) is 15.4. The number of rotatable bonds is 7. The fourth-order valence-corrected chi connectivity index (χ4v) is 2.04. The maximum atomic E-state index is 12.2. The van der Waals surface area contributed by atoms with Crippen LogP contribution >= 0.6 is 24.0 Å². The van der Waals surface area contributed by atoms with E-state index in [0.717, 1.165) is 11.4 Å². The van der Waals surface area contributed by atoms with Gasteiger partial charge in [-0.1, -0.05) is 0 Å².